The van der Waals surface area contributed by atoms with Crippen LogP contribution in [0, 0.1) is 5.92 Å². The van der Waals surface area contributed by atoms with E-state index in [9.17, 15) is 0 Å². The lowest BCUT2D eigenvalue weighted by atomic mass is 9.92. The molecule has 2 rings (SSSR count). The fourth-order valence-corrected chi connectivity index (χ4v) is 2.75. The van der Waals surface area contributed by atoms with E-state index in [1.54, 1.807) is 0 Å². The Morgan fingerprint density at radius 2 is 2.21 bits per heavy atom. The number of hydrogen-bond donors (Lipinski definition) is 1. The topological polar surface area (TPSA) is 46.0 Å². The Balaban J connectivity index is 1.79. The largest absolute Gasteiger partial charge is 0.311 e. The third-order valence-electron chi connectivity index (χ3n) is 4.26. The molecule has 0 spiro atoms. The number of nitrogens with one attached hydrogen (secondary N) is 1. The summed E-state index contributed by atoms with van der Waals surface area (Å²) < 4.78 is 1.97. The van der Waals surface area contributed by atoms with E-state index < -0.39 is 0 Å². The molecule has 1 fully saturated rings. The first-order chi connectivity index (χ1) is 9.20. The van der Waals surface area contributed by atoms with Crippen LogP contribution in [0.25, 0.3) is 0 Å². The molecule has 2 unspecified atom stereocenters. The van der Waals surface area contributed by atoms with Crippen molar-refractivity contribution in [3.63, 3.8) is 0 Å². The third-order valence-corrected chi connectivity index (χ3v) is 4.26. The monoisotopic (exact) mass is 265 g/mol. The minimum absolute atomic E-state index is 0.693. The number of nitrogens with zero attached hydrogens (tertiary/aromatic N) is 4. The molecule has 1 aliphatic heterocycles. The number of rotatable bonds is 6. The van der Waals surface area contributed by atoms with Gasteiger partial charge in [-0.3, -0.25) is 9.58 Å². The van der Waals surface area contributed by atoms with Gasteiger partial charge in [0.15, 0.2) is 0 Å². The molecular formula is C14H27N5. The second-order valence-corrected chi connectivity index (χ2v) is 5.65. The van der Waals surface area contributed by atoms with Gasteiger partial charge in [0.2, 0.25) is 0 Å². The van der Waals surface area contributed by atoms with E-state index >= 15 is 0 Å². The first-order valence-electron chi connectivity index (χ1n) is 7.54. The quantitative estimate of drug-likeness (QED) is 0.847. The van der Waals surface area contributed by atoms with Crippen molar-refractivity contribution in [3.8, 4) is 0 Å². The van der Waals surface area contributed by atoms with Crippen molar-refractivity contribution >= 4 is 0 Å². The van der Waals surface area contributed by atoms with Crippen LogP contribution in [0.1, 0.15) is 39.3 Å². The van der Waals surface area contributed by atoms with Crippen LogP contribution in [0.15, 0.2) is 6.20 Å². The molecule has 108 valence electrons. The van der Waals surface area contributed by atoms with Gasteiger partial charge in [-0.05, 0) is 38.8 Å². The molecule has 5 heteroatoms. The highest BCUT2D eigenvalue weighted by atomic mass is 15.4. The zero-order valence-corrected chi connectivity index (χ0v) is 12.5. The molecule has 0 amide bonds. The van der Waals surface area contributed by atoms with Gasteiger partial charge >= 0.3 is 0 Å². The Morgan fingerprint density at radius 1 is 1.37 bits per heavy atom. The molecule has 0 aromatic carbocycles. The lowest BCUT2D eigenvalue weighted by molar-refractivity contribution is 0.108. The van der Waals surface area contributed by atoms with Crippen molar-refractivity contribution in [2.45, 2.75) is 52.7 Å². The minimum atomic E-state index is 0.693. The number of aromatic nitrogens is 3. The van der Waals surface area contributed by atoms with Gasteiger partial charge in [-0.15, -0.1) is 5.10 Å². The van der Waals surface area contributed by atoms with Crippen LogP contribution in [-0.4, -0.2) is 45.6 Å². The van der Waals surface area contributed by atoms with Gasteiger partial charge in [0.1, 0.15) is 0 Å². The van der Waals surface area contributed by atoms with Gasteiger partial charge in [-0.1, -0.05) is 19.1 Å². The van der Waals surface area contributed by atoms with Crippen LogP contribution < -0.4 is 5.32 Å². The summed E-state index contributed by atoms with van der Waals surface area (Å²) in [6.45, 7) is 11.8. The predicted octanol–water partition coefficient (Wildman–Crippen LogP) is 1.51. The molecular weight excluding hydrogens is 238 g/mol. The van der Waals surface area contributed by atoms with Crippen LogP contribution >= 0.6 is 0 Å². The second kappa shape index (κ2) is 7.01. The molecule has 1 aromatic heterocycles. The van der Waals surface area contributed by atoms with Gasteiger partial charge in [0.25, 0.3) is 0 Å². The van der Waals surface area contributed by atoms with Crippen molar-refractivity contribution in [2.75, 3.05) is 19.6 Å². The van der Waals surface area contributed by atoms with E-state index in [4.69, 9.17) is 0 Å². The second-order valence-electron chi connectivity index (χ2n) is 5.65. The van der Waals surface area contributed by atoms with Crippen LogP contribution in [0.4, 0.5) is 0 Å². The van der Waals surface area contributed by atoms with E-state index in [-0.39, 0.29) is 0 Å². The van der Waals surface area contributed by atoms with E-state index in [1.165, 1.54) is 19.4 Å². The number of hydrogen-bond acceptors (Lipinski definition) is 4. The first-order valence-corrected chi connectivity index (χ1v) is 7.54. The van der Waals surface area contributed by atoms with Crippen molar-refractivity contribution in [1.29, 1.82) is 0 Å². The van der Waals surface area contributed by atoms with E-state index in [0.29, 0.717) is 6.04 Å². The van der Waals surface area contributed by atoms with Gasteiger partial charge in [0, 0.05) is 25.3 Å². The fourth-order valence-electron chi connectivity index (χ4n) is 2.75. The summed E-state index contributed by atoms with van der Waals surface area (Å²) in [5, 5.41) is 11.7. The van der Waals surface area contributed by atoms with E-state index in [0.717, 1.165) is 37.8 Å². The Bertz CT molecular complexity index is 376. The van der Waals surface area contributed by atoms with Crippen molar-refractivity contribution in [3.05, 3.63) is 11.9 Å². The molecule has 1 N–H and O–H groups in total. The Hall–Kier alpha value is -0.940. The molecule has 0 radical (unpaired) electrons. The molecule has 0 bridgehead atoms. The average molecular weight is 265 g/mol. The van der Waals surface area contributed by atoms with Crippen LogP contribution in [0.5, 0.6) is 0 Å². The first kappa shape index (κ1) is 14.5. The zero-order chi connectivity index (χ0) is 13.7. The van der Waals surface area contributed by atoms with Gasteiger partial charge in [-0.2, -0.15) is 0 Å². The van der Waals surface area contributed by atoms with Gasteiger partial charge < -0.3 is 5.32 Å². The zero-order valence-electron chi connectivity index (χ0n) is 12.5. The molecule has 1 aromatic rings. The summed E-state index contributed by atoms with van der Waals surface area (Å²) in [6, 6.07) is 0.693. The smallest absolute Gasteiger partial charge is 0.0964 e. The van der Waals surface area contributed by atoms with Gasteiger partial charge in [0.05, 0.1) is 12.2 Å². The summed E-state index contributed by atoms with van der Waals surface area (Å²) in [5.74, 6) is 0.814. The predicted molar refractivity (Wildman–Crippen MR) is 76.8 cm³/mol. The summed E-state index contributed by atoms with van der Waals surface area (Å²) in [6.07, 6.45) is 4.75. The molecule has 1 saturated heterocycles. The molecule has 2 atom stereocenters. The Morgan fingerprint density at radius 3 is 3.00 bits per heavy atom. The number of likely N-dealkylation sites (tertiary alicyclic amines) is 1. The summed E-state index contributed by atoms with van der Waals surface area (Å²) in [7, 11) is 0. The summed E-state index contributed by atoms with van der Waals surface area (Å²) in [4.78, 5) is 2.58. The SMILES string of the molecule is CCNCc1cn(CCN2CCCC(C)C2C)nn1. The molecule has 1 aliphatic rings. The summed E-state index contributed by atoms with van der Waals surface area (Å²) in [5.41, 5.74) is 1.03. The third kappa shape index (κ3) is 4.01. The standard InChI is InChI=1S/C14H27N5/c1-4-15-10-14-11-19(17-16-14)9-8-18-7-5-6-12(2)13(18)3/h11-13,15H,4-10H2,1-3H3. The molecule has 19 heavy (non-hydrogen) atoms. The van der Waals surface area contributed by atoms with Crippen molar-refractivity contribution < 1.29 is 0 Å². The normalized spacial score (nSPS) is 24.8. The highest BCUT2D eigenvalue weighted by Gasteiger charge is 2.24. The van der Waals surface area contributed by atoms with Crippen LogP contribution in [-0.2, 0) is 13.1 Å². The summed E-state index contributed by atoms with van der Waals surface area (Å²) >= 11 is 0. The lowest BCUT2D eigenvalue weighted by Gasteiger charge is -2.37. The van der Waals surface area contributed by atoms with Gasteiger partial charge in [-0.25, -0.2) is 0 Å². The fraction of sp³-hybridized carbons (Fsp3) is 0.857. The maximum atomic E-state index is 4.20. The van der Waals surface area contributed by atoms with E-state index in [2.05, 4.69) is 47.5 Å². The van der Waals surface area contributed by atoms with Crippen LogP contribution in [0.2, 0.25) is 0 Å². The molecule has 0 saturated carbocycles. The Kier molecular flexibility index (Phi) is 5.34. The molecule has 0 aliphatic carbocycles. The minimum Gasteiger partial charge on any atom is -0.311 e. The molecule has 5 nitrogen and oxygen atoms in total. The van der Waals surface area contributed by atoms with E-state index in [1.807, 2.05) is 4.68 Å². The highest BCUT2D eigenvalue weighted by Crippen LogP contribution is 2.22. The Labute approximate surface area is 116 Å². The highest BCUT2D eigenvalue weighted by molar-refractivity contribution is 4.91. The van der Waals surface area contributed by atoms with Crippen LogP contribution in [0.3, 0.4) is 0 Å². The molecule has 2 heterocycles. The maximum absolute atomic E-state index is 4.20. The number of piperidine rings is 1. The van der Waals surface area contributed by atoms with Crippen molar-refractivity contribution in [2.24, 2.45) is 5.92 Å². The maximum Gasteiger partial charge on any atom is 0.0964 e. The lowest BCUT2D eigenvalue weighted by Crippen LogP contribution is -2.43. The van der Waals surface area contributed by atoms with Crippen molar-refractivity contribution in [1.82, 2.24) is 25.2 Å². The average Bonchev–Trinajstić information content (AvgIpc) is 2.86.